The number of nitrogens with zero attached hydrogens (tertiary/aromatic N) is 1. The molecule has 1 fully saturated rings. The van der Waals surface area contributed by atoms with Gasteiger partial charge in [0.15, 0.2) is 11.7 Å². The molecule has 1 aromatic carbocycles. The average Bonchev–Trinajstić information content (AvgIpc) is 2.92. The molecular formula is C16H19FN2O3S. The van der Waals surface area contributed by atoms with Crippen LogP contribution in [0.1, 0.15) is 49.6 Å². The molecule has 1 atom stereocenters. The zero-order chi connectivity index (χ0) is 16.4. The topological polar surface area (TPSA) is 75.4 Å². The zero-order valence-electron chi connectivity index (χ0n) is 12.8. The highest BCUT2D eigenvalue weighted by Crippen LogP contribution is 2.38. The Balaban J connectivity index is 1.95. The third-order valence-electron chi connectivity index (χ3n) is 4.18. The number of anilines is 1. The number of oxazole rings is 1. The van der Waals surface area contributed by atoms with Crippen LogP contribution in [-0.2, 0) is 11.3 Å². The van der Waals surface area contributed by atoms with Crippen molar-refractivity contribution in [3.63, 3.8) is 0 Å². The maximum Gasteiger partial charge on any atom is 0.259 e. The Morgan fingerprint density at radius 1 is 1.35 bits per heavy atom. The van der Waals surface area contributed by atoms with E-state index in [1.165, 1.54) is 31.4 Å². The van der Waals surface area contributed by atoms with E-state index in [2.05, 4.69) is 9.71 Å². The van der Waals surface area contributed by atoms with Crippen molar-refractivity contribution in [1.82, 2.24) is 4.98 Å². The second kappa shape index (κ2) is 6.80. The SMILES string of the molecule is Cc1nc(C2CCCCC2)c(-c2ccc(NS(=O)O)c(F)c2)o1. The molecule has 3 rings (SSSR count). The lowest BCUT2D eigenvalue weighted by Crippen LogP contribution is -2.06. The number of aryl methyl sites for hydroxylation is 1. The molecule has 2 N–H and O–H groups in total. The van der Waals surface area contributed by atoms with Gasteiger partial charge in [-0.1, -0.05) is 19.3 Å². The van der Waals surface area contributed by atoms with Gasteiger partial charge >= 0.3 is 0 Å². The monoisotopic (exact) mass is 338 g/mol. The van der Waals surface area contributed by atoms with Crippen molar-refractivity contribution in [2.45, 2.75) is 44.9 Å². The molecule has 0 spiro atoms. The minimum atomic E-state index is -2.31. The highest BCUT2D eigenvalue weighted by atomic mass is 32.2. The van der Waals surface area contributed by atoms with Gasteiger partial charge in [-0.2, -0.15) is 0 Å². The summed E-state index contributed by atoms with van der Waals surface area (Å²) in [6.45, 7) is 1.79. The van der Waals surface area contributed by atoms with Gasteiger partial charge in [0.25, 0.3) is 11.3 Å². The molecule has 1 aromatic heterocycles. The highest BCUT2D eigenvalue weighted by molar-refractivity contribution is 7.80. The van der Waals surface area contributed by atoms with Crippen LogP contribution < -0.4 is 4.72 Å². The summed E-state index contributed by atoms with van der Waals surface area (Å²) in [5.74, 6) is 0.917. The summed E-state index contributed by atoms with van der Waals surface area (Å²) in [6, 6.07) is 4.41. The lowest BCUT2D eigenvalue weighted by Gasteiger charge is -2.20. The molecule has 0 saturated heterocycles. The van der Waals surface area contributed by atoms with Gasteiger partial charge in [0.2, 0.25) is 0 Å². The quantitative estimate of drug-likeness (QED) is 0.811. The lowest BCUT2D eigenvalue weighted by atomic mass is 9.85. The largest absolute Gasteiger partial charge is 0.441 e. The Bertz CT molecular complexity index is 726. The Morgan fingerprint density at radius 3 is 2.74 bits per heavy atom. The van der Waals surface area contributed by atoms with E-state index in [4.69, 9.17) is 8.97 Å². The van der Waals surface area contributed by atoms with Crippen LogP contribution in [0.5, 0.6) is 0 Å². The molecule has 2 aromatic rings. The van der Waals surface area contributed by atoms with Crippen LogP contribution >= 0.6 is 0 Å². The maximum absolute atomic E-state index is 14.1. The molecule has 0 radical (unpaired) electrons. The summed E-state index contributed by atoms with van der Waals surface area (Å²) in [4.78, 5) is 4.52. The predicted molar refractivity (Wildman–Crippen MR) is 86.9 cm³/mol. The van der Waals surface area contributed by atoms with Gasteiger partial charge in [-0.25, -0.2) is 13.6 Å². The van der Waals surface area contributed by atoms with Crippen molar-refractivity contribution in [2.75, 3.05) is 4.72 Å². The van der Waals surface area contributed by atoms with Crippen molar-refractivity contribution in [3.8, 4) is 11.3 Å². The Morgan fingerprint density at radius 2 is 2.09 bits per heavy atom. The van der Waals surface area contributed by atoms with Crippen molar-refractivity contribution >= 4 is 17.0 Å². The molecule has 1 unspecified atom stereocenters. The fourth-order valence-electron chi connectivity index (χ4n) is 3.14. The van der Waals surface area contributed by atoms with Crippen LogP contribution in [0, 0.1) is 12.7 Å². The molecular weight excluding hydrogens is 319 g/mol. The number of hydrogen-bond acceptors (Lipinski definition) is 3. The van der Waals surface area contributed by atoms with E-state index in [-0.39, 0.29) is 5.69 Å². The minimum absolute atomic E-state index is 0.0231. The number of halogens is 1. The molecule has 1 aliphatic rings. The normalized spacial score (nSPS) is 17.2. The molecule has 0 aliphatic heterocycles. The van der Waals surface area contributed by atoms with E-state index in [0.717, 1.165) is 18.5 Å². The van der Waals surface area contributed by atoms with Crippen molar-refractivity contribution in [1.29, 1.82) is 0 Å². The van der Waals surface area contributed by atoms with Gasteiger partial charge in [-0.15, -0.1) is 0 Å². The van der Waals surface area contributed by atoms with Crippen molar-refractivity contribution in [2.24, 2.45) is 0 Å². The standard InChI is InChI=1S/C16H19FN2O3S/c1-10-18-15(11-5-3-2-4-6-11)16(22-10)12-7-8-14(13(17)9-12)19-23(20)21/h7-9,11,19H,2-6H2,1H3,(H,20,21). The fourth-order valence-corrected chi connectivity index (χ4v) is 3.49. The van der Waals surface area contributed by atoms with Gasteiger partial charge in [0.05, 0.1) is 11.4 Å². The molecule has 0 amide bonds. The van der Waals surface area contributed by atoms with E-state index in [9.17, 15) is 8.60 Å². The predicted octanol–water partition coefficient (Wildman–Crippen LogP) is 4.39. The first-order valence-corrected chi connectivity index (χ1v) is 8.80. The summed E-state index contributed by atoms with van der Waals surface area (Å²) < 4.78 is 41.5. The van der Waals surface area contributed by atoms with Crippen LogP contribution in [-0.4, -0.2) is 13.7 Å². The summed E-state index contributed by atoms with van der Waals surface area (Å²) in [5.41, 5.74) is 1.47. The first-order chi connectivity index (χ1) is 11.0. The second-order valence-electron chi connectivity index (χ2n) is 5.83. The van der Waals surface area contributed by atoms with Crippen LogP contribution in [0.3, 0.4) is 0 Å². The van der Waals surface area contributed by atoms with Gasteiger partial charge < -0.3 is 4.42 Å². The summed E-state index contributed by atoms with van der Waals surface area (Å²) in [5, 5.41) is 0. The molecule has 1 heterocycles. The number of aromatic nitrogens is 1. The van der Waals surface area contributed by atoms with E-state index < -0.39 is 17.1 Å². The van der Waals surface area contributed by atoms with E-state index in [1.54, 1.807) is 13.0 Å². The van der Waals surface area contributed by atoms with Crippen LogP contribution in [0.4, 0.5) is 10.1 Å². The van der Waals surface area contributed by atoms with Crippen LogP contribution in [0.15, 0.2) is 22.6 Å². The van der Waals surface area contributed by atoms with Gasteiger partial charge in [0.1, 0.15) is 5.82 Å². The Labute approximate surface area is 136 Å². The molecule has 1 aliphatic carbocycles. The van der Waals surface area contributed by atoms with Crippen molar-refractivity contribution < 1.29 is 17.6 Å². The van der Waals surface area contributed by atoms with E-state index >= 15 is 0 Å². The maximum atomic E-state index is 14.1. The Kier molecular flexibility index (Phi) is 4.77. The zero-order valence-corrected chi connectivity index (χ0v) is 13.7. The van der Waals surface area contributed by atoms with Gasteiger partial charge in [-0.3, -0.25) is 9.27 Å². The van der Waals surface area contributed by atoms with E-state index in [1.807, 2.05) is 0 Å². The Hall–Kier alpha value is -1.73. The third kappa shape index (κ3) is 3.61. The molecule has 1 saturated carbocycles. The number of benzene rings is 1. The fraction of sp³-hybridized carbons (Fsp3) is 0.438. The average molecular weight is 338 g/mol. The first kappa shape index (κ1) is 16.1. The summed E-state index contributed by atoms with van der Waals surface area (Å²) in [7, 11) is 0. The number of rotatable bonds is 4. The van der Waals surface area contributed by atoms with Crippen molar-refractivity contribution in [3.05, 3.63) is 35.6 Å². The summed E-state index contributed by atoms with van der Waals surface area (Å²) >= 11 is -2.31. The molecule has 7 heteroatoms. The molecule has 0 bridgehead atoms. The van der Waals surface area contributed by atoms with Gasteiger partial charge in [0, 0.05) is 18.4 Å². The van der Waals surface area contributed by atoms with E-state index in [0.29, 0.717) is 23.1 Å². The smallest absolute Gasteiger partial charge is 0.259 e. The highest BCUT2D eigenvalue weighted by Gasteiger charge is 2.24. The first-order valence-electron chi connectivity index (χ1n) is 7.69. The van der Waals surface area contributed by atoms with Gasteiger partial charge in [-0.05, 0) is 31.0 Å². The van der Waals surface area contributed by atoms with Crippen LogP contribution in [0.25, 0.3) is 11.3 Å². The number of hydrogen-bond donors (Lipinski definition) is 2. The lowest BCUT2D eigenvalue weighted by molar-refractivity contribution is 0.437. The third-order valence-corrected chi connectivity index (χ3v) is 4.58. The number of nitrogens with one attached hydrogen (secondary N) is 1. The second-order valence-corrected chi connectivity index (χ2v) is 6.53. The molecule has 124 valence electrons. The molecule has 5 nitrogen and oxygen atoms in total. The van der Waals surface area contributed by atoms with Crippen LogP contribution in [0.2, 0.25) is 0 Å². The summed E-state index contributed by atoms with van der Waals surface area (Å²) in [6.07, 6.45) is 5.75. The molecule has 23 heavy (non-hydrogen) atoms. The minimum Gasteiger partial charge on any atom is -0.441 e.